The molecule has 184 valence electrons. The van der Waals surface area contributed by atoms with Gasteiger partial charge in [-0.3, -0.25) is 9.48 Å². The van der Waals surface area contributed by atoms with E-state index in [1.807, 2.05) is 79.0 Å². The average Bonchev–Trinajstić information content (AvgIpc) is 3.59. The molecule has 7 nitrogen and oxygen atoms in total. The molecule has 0 fully saturated rings. The van der Waals surface area contributed by atoms with Gasteiger partial charge in [0.05, 0.1) is 37.0 Å². The van der Waals surface area contributed by atoms with Crippen molar-refractivity contribution in [2.75, 3.05) is 13.2 Å². The first kappa shape index (κ1) is 24.2. The fourth-order valence-corrected chi connectivity index (χ4v) is 4.52. The molecule has 0 spiro atoms. The number of H-pyrrole nitrogens is 1. The molecule has 3 aromatic carbocycles. The number of nitrogens with zero attached hydrogens (tertiary/aromatic N) is 3. The summed E-state index contributed by atoms with van der Waals surface area (Å²) in [5.74, 6) is 0.000735. The van der Waals surface area contributed by atoms with Crippen molar-refractivity contribution in [3.63, 3.8) is 0 Å². The minimum absolute atomic E-state index is 0.000735. The molecular weight excluding hydrogens is 462 g/mol. The number of ketones is 1. The number of carbonyl (C=O) groups is 1. The molecular formula is C30H27N5O2. The maximum Gasteiger partial charge on any atom is 0.186 e. The van der Waals surface area contributed by atoms with Crippen LogP contribution in [0.2, 0.25) is 0 Å². The van der Waals surface area contributed by atoms with E-state index in [1.165, 1.54) is 0 Å². The molecule has 0 aliphatic carbocycles. The van der Waals surface area contributed by atoms with Crippen molar-refractivity contribution in [1.29, 1.82) is 5.26 Å². The van der Waals surface area contributed by atoms with E-state index < -0.39 is 6.04 Å². The number of nitriles is 1. The number of hydrogen-bond donors (Lipinski definition) is 3. The third-order valence-corrected chi connectivity index (χ3v) is 6.48. The van der Waals surface area contributed by atoms with Crippen LogP contribution in [0.1, 0.15) is 33.1 Å². The van der Waals surface area contributed by atoms with Gasteiger partial charge in [-0.15, -0.1) is 0 Å². The van der Waals surface area contributed by atoms with Crippen LogP contribution in [0.4, 0.5) is 0 Å². The van der Waals surface area contributed by atoms with Crippen molar-refractivity contribution in [1.82, 2.24) is 20.1 Å². The Bertz CT molecular complexity index is 1540. The summed E-state index contributed by atoms with van der Waals surface area (Å²) in [5.41, 5.74) is 6.09. The average molecular weight is 490 g/mol. The molecule has 0 radical (unpaired) electrons. The Morgan fingerprint density at radius 3 is 2.65 bits per heavy atom. The first-order chi connectivity index (χ1) is 18.2. The number of Topliss-reactive ketones (excluding diaryl/α,β-unsaturated/α-hetero) is 1. The molecule has 0 bridgehead atoms. The first-order valence-electron chi connectivity index (χ1n) is 12.2. The molecule has 2 heterocycles. The van der Waals surface area contributed by atoms with Crippen molar-refractivity contribution in [2.24, 2.45) is 0 Å². The van der Waals surface area contributed by atoms with Crippen molar-refractivity contribution in [2.45, 2.75) is 19.0 Å². The lowest BCUT2D eigenvalue weighted by Gasteiger charge is -2.18. The summed E-state index contributed by atoms with van der Waals surface area (Å²) in [6.45, 7) is 1.09. The van der Waals surface area contributed by atoms with E-state index >= 15 is 0 Å². The number of benzene rings is 3. The highest BCUT2D eigenvalue weighted by molar-refractivity contribution is 6.11. The lowest BCUT2D eigenvalue weighted by atomic mass is 9.96. The first-order valence-corrected chi connectivity index (χ1v) is 12.2. The second-order valence-electron chi connectivity index (χ2n) is 8.90. The number of aliphatic hydroxyl groups is 1. The summed E-state index contributed by atoms with van der Waals surface area (Å²) in [4.78, 5) is 17.1. The van der Waals surface area contributed by atoms with Crippen molar-refractivity contribution < 1.29 is 9.90 Å². The zero-order valence-corrected chi connectivity index (χ0v) is 20.3. The Morgan fingerprint density at radius 2 is 1.89 bits per heavy atom. The van der Waals surface area contributed by atoms with Crippen LogP contribution in [-0.2, 0) is 13.0 Å². The van der Waals surface area contributed by atoms with Gasteiger partial charge in [0.25, 0.3) is 0 Å². The van der Waals surface area contributed by atoms with E-state index in [-0.39, 0.29) is 12.4 Å². The Labute approximate surface area is 215 Å². The minimum atomic E-state index is -0.491. The second-order valence-corrected chi connectivity index (χ2v) is 8.90. The highest BCUT2D eigenvalue weighted by Crippen LogP contribution is 2.29. The predicted molar refractivity (Wildman–Crippen MR) is 143 cm³/mol. The van der Waals surface area contributed by atoms with Crippen LogP contribution in [0.25, 0.3) is 22.0 Å². The zero-order valence-electron chi connectivity index (χ0n) is 20.3. The molecule has 3 N–H and O–H groups in total. The fraction of sp³-hybridized carbons (Fsp3) is 0.167. The maximum absolute atomic E-state index is 13.8. The maximum atomic E-state index is 13.8. The normalized spacial score (nSPS) is 11.9. The molecule has 7 heteroatoms. The highest BCUT2D eigenvalue weighted by Gasteiger charge is 2.24. The summed E-state index contributed by atoms with van der Waals surface area (Å²) >= 11 is 0. The quantitative estimate of drug-likeness (QED) is 0.248. The summed E-state index contributed by atoms with van der Waals surface area (Å²) in [6.07, 6.45) is 6.19. The van der Waals surface area contributed by atoms with E-state index in [4.69, 9.17) is 10.4 Å². The fourth-order valence-electron chi connectivity index (χ4n) is 4.52. The molecule has 0 unspecified atom stereocenters. The van der Waals surface area contributed by atoms with Gasteiger partial charge >= 0.3 is 0 Å². The van der Waals surface area contributed by atoms with E-state index in [0.29, 0.717) is 24.2 Å². The Kier molecular flexibility index (Phi) is 7.22. The van der Waals surface area contributed by atoms with Crippen LogP contribution < -0.4 is 5.32 Å². The van der Waals surface area contributed by atoms with Gasteiger partial charge in [0, 0.05) is 41.0 Å². The van der Waals surface area contributed by atoms with Crippen LogP contribution >= 0.6 is 0 Å². The van der Waals surface area contributed by atoms with Gasteiger partial charge < -0.3 is 15.4 Å². The van der Waals surface area contributed by atoms with Crippen LogP contribution in [0.5, 0.6) is 0 Å². The SMILES string of the molecule is N#Cc1ccc(CCN[C@@H](C(=O)c2c[nH]c3cc(-c4cnn(CCO)c4)ccc23)c2ccccc2)cc1. The number of carbonyl (C=O) groups excluding carboxylic acids is 1. The van der Waals surface area contributed by atoms with Gasteiger partial charge in [0.2, 0.25) is 0 Å². The second kappa shape index (κ2) is 11.0. The Morgan fingerprint density at radius 1 is 1.08 bits per heavy atom. The van der Waals surface area contributed by atoms with E-state index in [0.717, 1.165) is 39.6 Å². The molecule has 37 heavy (non-hydrogen) atoms. The van der Waals surface area contributed by atoms with Gasteiger partial charge in [-0.25, -0.2) is 0 Å². The molecule has 0 saturated carbocycles. The lowest BCUT2D eigenvalue weighted by molar-refractivity contribution is 0.0945. The monoisotopic (exact) mass is 489 g/mol. The van der Waals surface area contributed by atoms with Gasteiger partial charge in [-0.1, -0.05) is 54.6 Å². The number of rotatable bonds is 10. The molecule has 0 aliphatic heterocycles. The number of hydrogen-bond acceptors (Lipinski definition) is 5. The van der Waals surface area contributed by atoms with Crippen molar-refractivity contribution in [3.05, 3.63) is 114 Å². The zero-order chi connectivity index (χ0) is 25.6. The summed E-state index contributed by atoms with van der Waals surface area (Å²) in [7, 11) is 0. The van der Waals surface area contributed by atoms with Gasteiger partial charge in [-0.2, -0.15) is 10.4 Å². The Balaban J connectivity index is 1.37. The predicted octanol–water partition coefficient (Wildman–Crippen LogP) is 4.65. The molecule has 5 rings (SSSR count). The molecule has 1 atom stereocenters. The Hall–Kier alpha value is -4.51. The smallest absolute Gasteiger partial charge is 0.186 e. The largest absolute Gasteiger partial charge is 0.394 e. The molecule has 0 amide bonds. The topological polar surface area (TPSA) is 107 Å². The van der Waals surface area contributed by atoms with Crippen LogP contribution in [-0.4, -0.2) is 38.8 Å². The van der Waals surface area contributed by atoms with E-state index in [9.17, 15) is 4.79 Å². The van der Waals surface area contributed by atoms with E-state index in [2.05, 4.69) is 21.5 Å². The number of aromatic nitrogens is 3. The summed E-state index contributed by atoms with van der Waals surface area (Å²) in [5, 5.41) is 26.8. The van der Waals surface area contributed by atoms with Crippen LogP contribution in [0, 0.1) is 11.3 Å². The molecule has 5 aromatic rings. The number of nitrogens with one attached hydrogen (secondary N) is 2. The molecule has 2 aromatic heterocycles. The summed E-state index contributed by atoms with van der Waals surface area (Å²) < 4.78 is 1.71. The third-order valence-electron chi connectivity index (χ3n) is 6.48. The number of aromatic amines is 1. The van der Waals surface area contributed by atoms with Gasteiger partial charge in [-0.05, 0) is 41.3 Å². The van der Waals surface area contributed by atoms with Crippen LogP contribution in [0.3, 0.4) is 0 Å². The highest BCUT2D eigenvalue weighted by atomic mass is 16.3. The van der Waals surface area contributed by atoms with E-state index in [1.54, 1.807) is 17.1 Å². The van der Waals surface area contributed by atoms with Crippen molar-refractivity contribution >= 4 is 16.7 Å². The van der Waals surface area contributed by atoms with Crippen molar-refractivity contribution in [3.8, 4) is 17.2 Å². The summed E-state index contributed by atoms with van der Waals surface area (Å²) in [6, 6.07) is 24.9. The van der Waals surface area contributed by atoms with Crippen LogP contribution in [0.15, 0.2) is 91.4 Å². The minimum Gasteiger partial charge on any atom is -0.394 e. The third kappa shape index (κ3) is 5.36. The van der Waals surface area contributed by atoms with Gasteiger partial charge in [0.1, 0.15) is 0 Å². The number of fused-ring (bicyclic) bond motifs is 1. The molecule has 0 aliphatic rings. The van der Waals surface area contributed by atoms with Gasteiger partial charge in [0.15, 0.2) is 5.78 Å². The number of aliphatic hydroxyl groups excluding tert-OH is 1. The standard InChI is InChI=1S/C30H27N5O2/c31-17-22-8-6-21(7-9-22)12-13-32-29(23-4-2-1-3-5-23)30(37)27-19-33-28-16-24(10-11-26(27)28)25-18-34-35(20-25)14-15-36/h1-11,16,18-20,29,32-33,36H,12-15H2/t29-/m1/s1. The molecule has 0 saturated heterocycles. The lowest BCUT2D eigenvalue weighted by Crippen LogP contribution is -2.30.